The van der Waals surface area contributed by atoms with Crippen LogP contribution in [-0.4, -0.2) is 29.6 Å². The summed E-state index contributed by atoms with van der Waals surface area (Å²) in [6.45, 7) is 0.169. The molecule has 0 fully saturated rings. The van der Waals surface area contributed by atoms with Crippen LogP contribution in [0.25, 0.3) is 0 Å². The fraction of sp³-hybridized carbons (Fsp3) is 0.300. The summed E-state index contributed by atoms with van der Waals surface area (Å²) < 4.78 is 32.9. The first kappa shape index (κ1) is 13.3. The molecule has 0 atom stereocenters. The highest BCUT2D eigenvalue weighted by Gasteiger charge is 2.23. The van der Waals surface area contributed by atoms with E-state index in [1.165, 1.54) is 28.4 Å². The first-order valence-corrected chi connectivity index (χ1v) is 7.32. The summed E-state index contributed by atoms with van der Waals surface area (Å²) in [5.74, 6) is 0.567. The van der Waals surface area contributed by atoms with Gasteiger partial charge in [-0.2, -0.15) is 9.40 Å². The zero-order chi connectivity index (χ0) is 13.3. The van der Waals surface area contributed by atoms with E-state index in [4.69, 9.17) is 4.42 Å². The Hall–Kier alpha value is -1.12. The quantitative estimate of drug-likeness (QED) is 0.852. The Morgan fingerprint density at radius 2 is 2.22 bits per heavy atom. The Bertz CT molecular complexity index is 647. The fourth-order valence-corrected chi connectivity index (χ4v) is 2.92. The van der Waals surface area contributed by atoms with Crippen LogP contribution in [0, 0.1) is 0 Å². The zero-order valence-corrected chi connectivity index (χ0v) is 12.3. The lowest BCUT2D eigenvalue weighted by Gasteiger charge is -2.14. The lowest BCUT2D eigenvalue weighted by Crippen LogP contribution is -2.26. The van der Waals surface area contributed by atoms with E-state index < -0.39 is 10.0 Å². The number of hydrogen-bond acceptors (Lipinski definition) is 4. The smallest absolute Gasteiger partial charge is 0.246 e. The molecule has 0 unspecified atom stereocenters. The average molecular weight is 334 g/mol. The minimum Gasteiger partial charge on any atom is -0.453 e. The van der Waals surface area contributed by atoms with Gasteiger partial charge in [0.1, 0.15) is 10.7 Å². The van der Waals surface area contributed by atoms with Crippen molar-refractivity contribution in [2.24, 2.45) is 7.05 Å². The summed E-state index contributed by atoms with van der Waals surface area (Å²) in [6.07, 6.45) is 2.79. The predicted octanol–water partition coefficient (Wildman–Crippen LogP) is 1.60. The summed E-state index contributed by atoms with van der Waals surface area (Å²) in [7, 11) is -0.364. The third-order valence-corrected chi connectivity index (χ3v) is 4.58. The molecule has 0 aromatic carbocycles. The van der Waals surface area contributed by atoms with E-state index in [0.29, 0.717) is 10.4 Å². The Balaban J connectivity index is 2.20. The predicted molar refractivity (Wildman–Crippen MR) is 68.3 cm³/mol. The Morgan fingerprint density at radius 3 is 2.72 bits per heavy atom. The SMILES string of the molecule is CN(Cc1ccc(Br)o1)S(=O)(=O)c1cnn(C)c1. The summed E-state index contributed by atoms with van der Waals surface area (Å²) in [5.41, 5.74) is 0. The number of halogens is 1. The fourth-order valence-electron chi connectivity index (χ4n) is 1.45. The molecule has 2 rings (SSSR count). The van der Waals surface area contributed by atoms with Crippen LogP contribution in [-0.2, 0) is 23.6 Å². The van der Waals surface area contributed by atoms with Crippen LogP contribution in [0.2, 0.25) is 0 Å². The van der Waals surface area contributed by atoms with Crippen LogP contribution in [0.4, 0.5) is 0 Å². The molecular formula is C10H12BrN3O3S. The number of aromatic nitrogens is 2. The van der Waals surface area contributed by atoms with Gasteiger partial charge in [0, 0.05) is 20.3 Å². The highest BCUT2D eigenvalue weighted by molar-refractivity contribution is 9.10. The molecule has 0 N–H and O–H groups in total. The molecule has 2 aromatic heterocycles. The van der Waals surface area contributed by atoms with Crippen molar-refractivity contribution < 1.29 is 12.8 Å². The van der Waals surface area contributed by atoms with Gasteiger partial charge in [0.2, 0.25) is 10.0 Å². The van der Waals surface area contributed by atoms with E-state index in [9.17, 15) is 8.42 Å². The maximum Gasteiger partial charge on any atom is 0.246 e. The Kier molecular flexibility index (Phi) is 3.60. The van der Waals surface area contributed by atoms with Gasteiger partial charge < -0.3 is 4.42 Å². The van der Waals surface area contributed by atoms with Crippen LogP contribution in [0.1, 0.15) is 5.76 Å². The van der Waals surface area contributed by atoms with Crippen LogP contribution >= 0.6 is 15.9 Å². The van der Waals surface area contributed by atoms with E-state index in [2.05, 4.69) is 21.0 Å². The zero-order valence-electron chi connectivity index (χ0n) is 9.87. The van der Waals surface area contributed by atoms with Crippen molar-refractivity contribution in [1.29, 1.82) is 0 Å². The number of hydrogen-bond donors (Lipinski definition) is 0. The first-order chi connectivity index (χ1) is 8.39. The Labute approximate surface area is 113 Å². The molecular weight excluding hydrogens is 322 g/mol. The molecule has 0 aliphatic rings. The lowest BCUT2D eigenvalue weighted by molar-refractivity contribution is 0.398. The molecule has 0 spiro atoms. The van der Waals surface area contributed by atoms with Gasteiger partial charge in [0.15, 0.2) is 4.67 Å². The molecule has 0 saturated carbocycles. The molecule has 6 nitrogen and oxygen atoms in total. The third-order valence-electron chi connectivity index (χ3n) is 2.40. The van der Waals surface area contributed by atoms with Gasteiger partial charge >= 0.3 is 0 Å². The summed E-state index contributed by atoms with van der Waals surface area (Å²) >= 11 is 3.17. The third kappa shape index (κ3) is 2.65. The highest BCUT2D eigenvalue weighted by atomic mass is 79.9. The summed E-state index contributed by atoms with van der Waals surface area (Å²) in [4.78, 5) is 0.165. The molecule has 0 aliphatic heterocycles. The van der Waals surface area contributed by atoms with Gasteiger partial charge in [0.25, 0.3) is 0 Å². The molecule has 2 aromatic rings. The highest BCUT2D eigenvalue weighted by Crippen LogP contribution is 2.19. The first-order valence-electron chi connectivity index (χ1n) is 5.09. The topological polar surface area (TPSA) is 68.3 Å². The summed E-state index contributed by atoms with van der Waals surface area (Å²) in [6, 6.07) is 3.44. The second-order valence-corrected chi connectivity index (χ2v) is 6.64. The van der Waals surface area contributed by atoms with E-state index >= 15 is 0 Å². The van der Waals surface area contributed by atoms with Gasteiger partial charge in [-0.05, 0) is 28.1 Å². The van der Waals surface area contributed by atoms with Crippen molar-refractivity contribution in [1.82, 2.24) is 14.1 Å². The van der Waals surface area contributed by atoms with E-state index in [1.807, 2.05) is 0 Å². The van der Waals surface area contributed by atoms with Crippen LogP contribution < -0.4 is 0 Å². The molecule has 0 amide bonds. The van der Waals surface area contributed by atoms with Gasteiger partial charge in [0.05, 0.1) is 12.7 Å². The molecule has 2 heterocycles. The number of aryl methyl sites for hydroxylation is 1. The van der Waals surface area contributed by atoms with Crippen molar-refractivity contribution in [2.75, 3.05) is 7.05 Å². The van der Waals surface area contributed by atoms with Crippen LogP contribution in [0.15, 0.2) is 38.5 Å². The molecule has 8 heteroatoms. The largest absolute Gasteiger partial charge is 0.453 e. The minimum atomic E-state index is -3.53. The molecule has 0 aliphatic carbocycles. The maximum absolute atomic E-state index is 12.2. The molecule has 0 bridgehead atoms. The Morgan fingerprint density at radius 1 is 1.50 bits per heavy atom. The second-order valence-electron chi connectivity index (χ2n) is 3.82. The van der Waals surface area contributed by atoms with E-state index in [0.717, 1.165) is 0 Å². The van der Waals surface area contributed by atoms with E-state index in [1.54, 1.807) is 19.2 Å². The number of nitrogens with zero attached hydrogens (tertiary/aromatic N) is 3. The van der Waals surface area contributed by atoms with E-state index in [-0.39, 0.29) is 11.4 Å². The van der Waals surface area contributed by atoms with Crippen molar-refractivity contribution in [3.63, 3.8) is 0 Å². The van der Waals surface area contributed by atoms with Crippen molar-refractivity contribution in [3.8, 4) is 0 Å². The van der Waals surface area contributed by atoms with Gasteiger partial charge in [-0.15, -0.1) is 0 Å². The van der Waals surface area contributed by atoms with Crippen molar-refractivity contribution in [2.45, 2.75) is 11.4 Å². The molecule has 18 heavy (non-hydrogen) atoms. The van der Waals surface area contributed by atoms with Crippen molar-refractivity contribution >= 4 is 26.0 Å². The minimum absolute atomic E-state index is 0.165. The summed E-state index contributed by atoms with van der Waals surface area (Å²) in [5, 5.41) is 3.86. The molecule has 98 valence electrons. The molecule has 0 saturated heterocycles. The second kappa shape index (κ2) is 4.87. The number of furan rings is 1. The lowest BCUT2D eigenvalue weighted by atomic mass is 10.4. The average Bonchev–Trinajstić information content (AvgIpc) is 2.88. The van der Waals surface area contributed by atoms with Crippen LogP contribution in [0.5, 0.6) is 0 Å². The van der Waals surface area contributed by atoms with Crippen molar-refractivity contribution in [3.05, 3.63) is 35.0 Å². The monoisotopic (exact) mass is 333 g/mol. The number of sulfonamides is 1. The van der Waals surface area contributed by atoms with Crippen LogP contribution in [0.3, 0.4) is 0 Å². The van der Waals surface area contributed by atoms with Gasteiger partial charge in [-0.25, -0.2) is 8.42 Å². The van der Waals surface area contributed by atoms with Gasteiger partial charge in [-0.1, -0.05) is 0 Å². The maximum atomic E-state index is 12.2. The number of rotatable bonds is 4. The molecule has 0 radical (unpaired) electrons. The normalized spacial score (nSPS) is 12.2. The van der Waals surface area contributed by atoms with Gasteiger partial charge in [-0.3, -0.25) is 4.68 Å². The standard InChI is InChI=1S/C10H12BrN3O3S/c1-13-7-9(5-12-13)18(15,16)14(2)6-8-3-4-10(11)17-8/h3-5,7H,6H2,1-2H3.